The molecule has 0 amide bonds. The van der Waals surface area contributed by atoms with Gasteiger partial charge in [-0.1, -0.05) is 34.5 Å². The lowest BCUT2D eigenvalue weighted by Crippen LogP contribution is -2.18. The zero-order chi connectivity index (χ0) is 12.6. The number of fused-ring (bicyclic) bond motifs is 1. The smallest absolute Gasteiger partial charge is 0.144 e. The molecule has 0 fully saturated rings. The van der Waals surface area contributed by atoms with Gasteiger partial charge in [0.1, 0.15) is 16.8 Å². The van der Waals surface area contributed by atoms with E-state index in [4.69, 9.17) is 11.6 Å². The minimum absolute atomic E-state index is 0.0346. The Balaban J connectivity index is 2.57. The topological polar surface area (TPSA) is 42.9 Å². The Morgan fingerprint density at radius 2 is 2.18 bits per heavy atom. The van der Waals surface area contributed by atoms with Gasteiger partial charge in [-0.25, -0.2) is 0 Å². The molecule has 6 heteroatoms. The van der Waals surface area contributed by atoms with Crippen LogP contribution in [0, 0.1) is 0 Å². The second-order valence-electron chi connectivity index (χ2n) is 3.89. The van der Waals surface area contributed by atoms with Gasteiger partial charge in [-0.15, -0.1) is 0 Å². The third kappa shape index (κ3) is 2.37. The number of carbonyl (C=O) groups excluding carboxylic acids is 1. The molecule has 2 unspecified atom stereocenters. The minimum atomic E-state index is -0.257. The largest absolute Gasteiger partial charge is 0.299 e. The van der Waals surface area contributed by atoms with Crippen LogP contribution in [0.2, 0.25) is 5.02 Å². The van der Waals surface area contributed by atoms with Crippen molar-refractivity contribution in [2.45, 2.75) is 24.6 Å². The minimum Gasteiger partial charge on any atom is -0.299 e. The molecule has 0 aliphatic heterocycles. The number of nitrogens with zero attached hydrogens (tertiary/aromatic N) is 2. The van der Waals surface area contributed by atoms with Gasteiger partial charge < -0.3 is 0 Å². The van der Waals surface area contributed by atoms with Crippen LogP contribution in [0.4, 0.5) is 0 Å². The van der Waals surface area contributed by atoms with Gasteiger partial charge in [0, 0.05) is 16.5 Å². The Morgan fingerprint density at radius 1 is 1.47 bits per heavy atom. The highest BCUT2D eigenvalue weighted by atomic mass is 79.9. The van der Waals surface area contributed by atoms with Crippen molar-refractivity contribution in [1.29, 1.82) is 0 Å². The highest BCUT2D eigenvalue weighted by Crippen LogP contribution is 2.35. The van der Waals surface area contributed by atoms with Gasteiger partial charge in [0.15, 0.2) is 0 Å². The molecule has 0 aliphatic rings. The van der Waals surface area contributed by atoms with Crippen molar-refractivity contribution < 1.29 is 4.79 Å². The maximum atomic E-state index is 11.4. The van der Waals surface area contributed by atoms with Crippen LogP contribution in [0.5, 0.6) is 0 Å². The standard InChI is InChI=1S/C11H10BrClN2OS/c1-5(10(12)6(2)16)9-7(13)3-4-8-11(9)15-17-14-8/h3-5,10H,1-2H3. The Bertz CT molecular complexity index is 572. The number of hydrogen-bond donors (Lipinski definition) is 0. The normalized spacial score (nSPS) is 14.8. The summed E-state index contributed by atoms with van der Waals surface area (Å²) in [5.74, 6) is 0.0429. The monoisotopic (exact) mass is 332 g/mol. The number of carbonyl (C=O) groups is 1. The van der Waals surface area contributed by atoms with Crippen molar-refractivity contribution in [2.75, 3.05) is 0 Å². The van der Waals surface area contributed by atoms with Crippen LogP contribution < -0.4 is 0 Å². The molecule has 3 nitrogen and oxygen atoms in total. The number of alkyl halides is 1. The first-order chi connectivity index (χ1) is 8.02. The fraction of sp³-hybridized carbons (Fsp3) is 0.364. The van der Waals surface area contributed by atoms with E-state index in [1.807, 2.05) is 13.0 Å². The predicted octanol–water partition coefficient (Wildman–Crippen LogP) is 3.80. The maximum Gasteiger partial charge on any atom is 0.144 e. The molecule has 1 aromatic carbocycles. The molecule has 2 aromatic rings. The molecule has 0 bridgehead atoms. The highest BCUT2D eigenvalue weighted by molar-refractivity contribution is 9.10. The maximum absolute atomic E-state index is 11.4. The van der Waals surface area contributed by atoms with Crippen LogP contribution in [-0.2, 0) is 4.79 Å². The van der Waals surface area contributed by atoms with Crippen LogP contribution in [0.3, 0.4) is 0 Å². The van der Waals surface area contributed by atoms with E-state index < -0.39 is 0 Å². The highest BCUT2D eigenvalue weighted by Gasteiger charge is 2.25. The Labute approximate surface area is 117 Å². The van der Waals surface area contributed by atoms with E-state index in [2.05, 4.69) is 24.7 Å². The van der Waals surface area contributed by atoms with E-state index in [0.717, 1.165) is 28.3 Å². The molecule has 2 rings (SSSR count). The third-order valence-corrected chi connectivity index (χ3v) is 5.01. The Kier molecular flexibility index (Phi) is 3.80. The summed E-state index contributed by atoms with van der Waals surface area (Å²) >= 11 is 10.8. The second-order valence-corrected chi connectivity index (χ2v) is 5.82. The number of benzene rings is 1. The van der Waals surface area contributed by atoms with E-state index in [0.29, 0.717) is 5.02 Å². The summed E-state index contributed by atoms with van der Waals surface area (Å²) in [6.07, 6.45) is 0. The summed E-state index contributed by atoms with van der Waals surface area (Å²) in [6, 6.07) is 3.64. The number of ketones is 1. The van der Waals surface area contributed by atoms with Crippen LogP contribution >= 0.6 is 39.3 Å². The first kappa shape index (κ1) is 12.9. The molecule has 2 atom stereocenters. The van der Waals surface area contributed by atoms with Gasteiger partial charge in [-0.2, -0.15) is 8.75 Å². The SMILES string of the molecule is CC(=O)C(Br)C(C)c1c(Cl)ccc2nsnc12. The van der Waals surface area contributed by atoms with Crippen molar-refractivity contribution >= 4 is 56.1 Å². The quantitative estimate of drug-likeness (QED) is 0.802. The third-order valence-electron chi connectivity index (χ3n) is 2.70. The van der Waals surface area contributed by atoms with E-state index in [1.54, 1.807) is 13.0 Å². The molecule has 0 aliphatic carbocycles. The number of aromatic nitrogens is 2. The molecule has 0 radical (unpaired) electrons. The summed E-state index contributed by atoms with van der Waals surface area (Å²) in [6.45, 7) is 3.52. The lowest BCUT2D eigenvalue weighted by molar-refractivity contribution is -0.116. The van der Waals surface area contributed by atoms with E-state index in [1.165, 1.54) is 0 Å². The molecule has 90 valence electrons. The van der Waals surface area contributed by atoms with Crippen molar-refractivity contribution in [2.24, 2.45) is 0 Å². The zero-order valence-electron chi connectivity index (χ0n) is 9.28. The summed E-state index contributed by atoms with van der Waals surface area (Å²) < 4.78 is 8.44. The molecule has 0 N–H and O–H groups in total. The van der Waals surface area contributed by atoms with Crippen molar-refractivity contribution in [3.8, 4) is 0 Å². The van der Waals surface area contributed by atoms with Crippen LogP contribution in [-0.4, -0.2) is 19.4 Å². The summed E-state index contributed by atoms with van der Waals surface area (Å²) in [4.78, 5) is 11.2. The molecule has 1 heterocycles. The number of hydrogen-bond acceptors (Lipinski definition) is 4. The summed E-state index contributed by atoms with van der Waals surface area (Å²) in [5.41, 5.74) is 2.50. The first-order valence-corrected chi connectivity index (χ1v) is 7.10. The number of rotatable bonds is 3. The van der Waals surface area contributed by atoms with Crippen LogP contribution in [0.25, 0.3) is 11.0 Å². The fourth-order valence-electron chi connectivity index (χ4n) is 1.78. The van der Waals surface area contributed by atoms with Gasteiger partial charge >= 0.3 is 0 Å². The average molecular weight is 334 g/mol. The summed E-state index contributed by atoms with van der Waals surface area (Å²) in [5, 5.41) is 0.628. The number of halogens is 2. The fourth-order valence-corrected chi connectivity index (χ4v) is 2.92. The van der Waals surface area contributed by atoms with Crippen LogP contribution in [0.1, 0.15) is 25.3 Å². The van der Waals surface area contributed by atoms with Gasteiger partial charge in [0.05, 0.1) is 16.6 Å². The molecule has 1 aromatic heterocycles. The van der Waals surface area contributed by atoms with Gasteiger partial charge in [-0.05, 0) is 19.1 Å². The second kappa shape index (κ2) is 5.00. The van der Waals surface area contributed by atoms with Gasteiger partial charge in [-0.3, -0.25) is 4.79 Å². The molecular formula is C11H10BrClN2OS. The van der Waals surface area contributed by atoms with Crippen molar-refractivity contribution in [1.82, 2.24) is 8.75 Å². The van der Waals surface area contributed by atoms with E-state index in [9.17, 15) is 4.79 Å². The Hall–Kier alpha value is -0.520. The average Bonchev–Trinajstić information content (AvgIpc) is 2.74. The van der Waals surface area contributed by atoms with Crippen molar-refractivity contribution in [3.63, 3.8) is 0 Å². The number of Topliss-reactive ketones (excluding diaryl/α,β-unsaturated/α-hetero) is 1. The lowest BCUT2D eigenvalue weighted by atomic mass is 9.94. The van der Waals surface area contributed by atoms with E-state index >= 15 is 0 Å². The summed E-state index contributed by atoms with van der Waals surface area (Å²) in [7, 11) is 0. The zero-order valence-corrected chi connectivity index (χ0v) is 12.4. The molecule has 17 heavy (non-hydrogen) atoms. The molecule has 0 saturated heterocycles. The first-order valence-electron chi connectivity index (χ1n) is 5.07. The lowest BCUT2D eigenvalue weighted by Gasteiger charge is -2.17. The van der Waals surface area contributed by atoms with Crippen LogP contribution in [0.15, 0.2) is 12.1 Å². The van der Waals surface area contributed by atoms with Gasteiger partial charge in [0.25, 0.3) is 0 Å². The molecular weight excluding hydrogens is 324 g/mol. The van der Waals surface area contributed by atoms with E-state index in [-0.39, 0.29) is 16.5 Å². The van der Waals surface area contributed by atoms with Crippen molar-refractivity contribution in [3.05, 3.63) is 22.7 Å². The molecule has 0 spiro atoms. The Morgan fingerprint density at radius 3 is 2.82 bits per heavy atom. The predicted molar refractivity (Wildman–Crippen MR) is 74.2 cm³/mol. The molecule has 0 saturated carbocycles. The van der Waals surface area contributed by atoms with Gasteiger partial charge in [0.2, 0.25) is 0 Å².